The van der Waals surface area contributed by atoms with Crippen molar-refractivity contribution in [3.8, 4) is 0 Å². The molecule has 5 rings (SSSR count). The third kappa shape index (κ3) is 4.41. The van der Waals surface area contributed by atoms with Crippen molar-refractivity contribution in [2.24, 2.45) is 10.9 Å². The number of carbonyl (C=O) groups is 1. The smallest absolute Gasteiger partial charge is 0.410 e. The number of hydrogen-bond donors (Lipinski definition) is 0. The molecule has 3 aliphatic rings. The largest absolute Gasteiger partial charge is 0.459 e. The van der Waals surface area contributed by atoms with Crippen LogP contribution in [0.25, 0.3) is 0 Å². The Bertz CT molecular complexity index is 1060. The van der Waals surface area contributed by atoms with E-state index in [-0.39, 0.29) is 30.0 Å². The lowest BCUT2D eigenvalue weighted by Gasteiger charge is -2.42. The Morgan fingerprint density at radius 2 is 1.85 bits per heavy atom. The van der Waals surface area contributed by atoms with E-state index in [1.807, 2.05) is 39.0 Å². The molecule has 0 saturated carbocycles. The van der Waals surface area contributed by atoms with E-state index in [4.69, 9.17) is 14.5 Å². The summed E-state index contributed by atoms with van der Waals surface area (Å²) in [6.45, 7) is 8.21. The van der Waals surface area contributed by atoms with Crippen LogP contribution in [0.1, 0.15) is 43.5 Å². The van der Waals surface area contributed by atoms with Gasteiger partial charge in [0, 0.05) is 25.6 Å². The van der Waals surface area contributed by atoms with Crippen LogP contribution in [0.4, 0.5) is 9.18 Å². The number of carbonyl (C=O) groups excluding carboxylic acids is 1. The zero-order valence-electron chi connectivity index (χ0n) is 19.3. The second kappa shape index (κ2) is 8.36. The molecular weight excluding hydrogens is 421 g/mol. The topological polar surface area (TPSA) is 54.4 Å². The molecule has 2 atom stereocenters. The summed E-state index contributed by atoms with van der Waals surface area (Å²) in [7, 11) is 0. The van der Waals surface area contributed by atoms with Crippen LogP contribution in [0.15, 0.2) is 53.5 Å². The minimum atomic E-state index is -0.498. The monoisotopic (exact) mass is 451 g/mol. The number of fused-ring (bicyclic) bond motifs is 1. The molecule has 174 valence electrons. The molecule has 2 aromatic carbocycles. The lowest BCUT2D eigenvalue weighted by molar-refractivity contribution is -0.0242. The summed E-state index contributed by atoms with van der Waals surface area (Å²) < 4.78 is 25.4. The van der Waals surface area contributed by atoms with Crippen LogP contribution in [-0.4, -0.2) is 59.8 Å². The number of likely N-dealkylation sites (tertiary alicyclic amines) is 1. The molecule has 6 nitrogen and oxygen atoms in total. The van der Waals surface area contributed by atoms with E-state index in [0.29, 0.717) is 25.7 Å². The number of rotatable bonds is 2. The fourth-order valence-corrected chi connectivity index (χ4v) is 4.78. The molecule has 0 radical (unpaired) electrons. The average Bonchev–Trinajstić information content (AvgIpc) is 3.21. The SMILES string of the molecule is CC(C)(C)OC(=O)N1CC(C2CN=C(N3CCc4ccccc4[C@@H]3c3ccc(F)cc3)O2)C1. The quantitative estimate of drug-likeness (QED) is 0.679. The summed E-state index contributed by atoms with van der Waals surface area (Å²) in [5.41, 5.74) is 3.01. The number of nitrogens with zero attached hydrogens (tertiary/aromatic N) is 3. The van der Waals surface area contributed by atoms with Crippen LogP contribution in [0.5, 0.6) is 0 Å². The van der Waals surface area contributed by atoms with Crippen LogP contribution in [0.3, 0.4) is 0 Å². The van der Waals surface area contributed by atoms with Crippen LogP contribution < -0.4 is 0 Å². The van der Waals surface area contributed by atoms with Crippen LogP contribution in [-0.2, 0) is 15.9 Å². The van der Waals surface area contributed by atoms with E-state index >= 15 is 0 Å². The first-order valence-corrected chi connectivity index (χ1v) is 11.6. The second-order valence-corrected chi connectivity index (χ2v) is 10.0. The number of hydrogen-bond acceptors (Lipinski definition) is 5. The van der Waals surface area contributed by atoms with Gasteiger partial charge in [-0.3, -0.25) is 0 Å². The Hall–Kier alpha value is -3.09. The van der Waals surface area contributed by atoms with Crippen molar-refractivity contribution in [1.29, 1.82) is 0 Å². The van der Waals surface area contributed by atoms with E-state index in [0.717, 1.165) is 18.5 Å². The molecule has 1 fully saturated rings. The average molecular weight is 452 g/mol. The Morgan fingerprint density at radius 1 is 1.12 bits per heavy atom. The van der Waals surface area contributed by atoms with Crippen molar-refractivity contribution in [3.63, 3.8) is 0 Å². The molecule has 0 aromatic heterocycles. The third-order valence-corrected chi connectivity index (χ3v) is 6.47. The van der Waals surface area contributed by atoms with Gasteiger partial charge in [0.2, 0.25) is 0 Å². The molecule has 0 aliphatic carbocycles. The fraction of sp³-hybridized carbons (Fsp3) is 0.462. The molecule has 0 N–H and O–H groups in total. The summed E-state index contributed by atoms with van der Waals surface area (Å²) in [6.07, 6.45) is 0.572. The Balaban J connectivity index is 1.29. The molecule has 1 unspecified atom stereocenters. The summed E-state index contributed by atoms with van der Waals surface area (Å²) in [6, 6.07) is 15.6. The van der Waals surface area contributed by atoms with Crippen LogP contribution >= 0.6 is 0 Å². The second-order valence-electron chi connectivity index (χ2n) is 10.0. The minimum Gasteiger partial charge on any atom is -0.459 e. The summed E-state index contributed by atoms with van der Waals surface area (Å²) in [5, 5.41) is 0. The van der Waals surface area contributed by atoms with Gasteiger partial charge in [-0.05, 0) is 56.0 Å². The zero-order valence-corrected chi connectivity index (χ0v) is 19.3. The van der Waals surface area contributed by atoms with E-state index in [2.05, 4.69) is 23.1 Å². The van der Waals surface area contributed by atoms with Gasteiger partial charge in [-0.2, -0.15) is 0 Å². The van der Waals surface area contributed by atoms with Crippen LogP contribution in [0.2, 0.25) is 0 Å². The standard InChI is InChI=1S/C26H30FN3O3/c1-26(2,3)33-25(31)29-15-19(16-29)22-14-28-24(32-22)30-13-12-17-6-4-5-7-21(17)23(30)18-8-10-20(27)11-9-18/h4-11,19,22-23H,12-16H2,1-3H3/t22?,23-/m0/s1. The zero-order chi connectivity index (χ0) is 23.2. The third-order valence-electron chi connectivity index (χ3n) is 6.47. The molecule has 1 amide bonds. The van der Waals surface area contributed by atoms with Crippen molar-refractivity contribution in [3.05, 3.63) is 71.0 Å². The molecule has 33 heavy (non-hydrogen) atoms. The van der Waals surface area contributed by atoms with Crippen molar-refractivity contribution in [2.45, 2.75) is 44.9 Å². The number of ether oxygens (including phenoxy) is 2. The van der Waals surface area contributed by atoms with Gasteiger partial charge in [-0.1, -0.05) is 36.4 Å². The minimum absolute atomic E-state index is 0.0512. The molecule has 0 spiro atoms. The Kier molecular flexibility index (Phi) is 5.51. The Labute approximate surface area is 194 Å². The number of amidine groups is 1. The van der Waals surface area contributed by atoms with E-state index in [1.165, 1.54) is 23.3 Å². The molecule has 2 aromatic rings. The van der Waals surface area contributed by atoms with Crippen molar-refractivity contribution in [2.75, 3.05) is 26.2 Å². The van der Waals surface area contributed by atoms with Gasteiger partial charge >= 0.3 is 6.09 Å². The molecule has 7 heteroatoms. The van der Waals surface area contributed by atoms with E-state index in [9.17, 15) is 9.18 Å². The lowest BCUT2D eigenvalue weighted by atomic mass is 9.88. The van der Waals surface area contributed by atoms with Crippen molar-refractivity contribution < 1.29 is 18.7 Å². The van der Waals surface area contributed by atoms with Gasteiger partial charge in [0.25, 0.3) is 6.02 Å². The first-order chi connectivity index (χ1) is 15.8. The number of aliphatic imine (C=N–C) groups is 1. The molecule has 0 bridgehead atoms. The molecule has 3 heterocycles. The highest BCUT2D eigenvalue weighted by Crippen LogP contribution is 2.37. The van der Waals surface area contributed by atoms with Crippen molar-refractivity contribution in [1.82, 2.24) is 9.80 Å². The first kappa shape index (κ1) is 21.7. The maximum atomic E-state index is 13.6. The summed E-state index contributed by atoms with van der Waals surface area (Å²) in [5.74, 6) is -0.0106. The van der Waals surface area contributed by atoms with E-state index in [1.54, 1.807) is 4.90 Å². The summed E-state index contributed by atoms with van der Waals surface area (Å²) in [4.78, 5) is 20.9. The van der Waals surface area contributed by atoms with E-state index < -0.39 is 5.60 Å². The van der Waals surface area contributed by atoms with Crippen molar-refractivity contribution >= 4 is 12.1 Å². The molecule has 1 saturated heterocycles. The predicted octanol–water partition coefficient (Wildman–Crippen LogP) is 4.39. The Morgan fingerprint density at radius 3 is 2.58 bits per heavy atom. The normalized spacial score (nSPS) is 22.8. The first-order valence-electron chi connectivity index (χ1n) is 11.6. The highest BCUT2D eigenvalue weighted by atomic mass is 19.1. The highest BCUT2D eigenvalue weighted by Gasteiger charge is 2.43. The van der Waals surface area contributed by atoms with Gasteiger partial charge in [-0.25, -0.2) is 14.2 Å². The maximum absolute atomic E-state index is 13.6. The lowest BCUT2D eigenvalue weighted by Crippen LogP contribution is -2.56. The molecule has 3 aliphatic heterocycles. The van der Waals surface area contributed by atoms with Gasteiger partial charge in [0.05, 0.1) is 12.6 Å². The summed E-state index contributed by atoms with van der Waals surface area (Å²) >= 11 is 0. The van der Waals surface area contributed by atoms with Gasteiger partial charge in [0.1, 0.15) is 17.5 Å². The van der Waals surface area contributed by atoms with Gasteiger partial charge in [-0.15, -0.1) is 0 Å². The maximum Gasteiger partial charge on any atom is 0.410 e. The van der Waals surface area contributed by atoms with Crippen LogP contribution in [0, 0.1) is 11.7 Å². The molecular formula is C26H30FN3O3. The fourth-order valence-electron chi connectivity index (χ4n) is 4.78. The number of halogens is 1. The number of amides is 1. The predicted molar refractivity (Wildman–Crippen MR) is 124 cm³/mol. The van der Waals surface area contributed by atoms with Gasteiger partial charge < -0.3 is 19.3 Å². The highest BCUT2D eigenvalue weighted by molar-refractivity contribution is 5.77. The van der Waals surface area contributed by atoms with Gasteiger partial charge in [0.15, 0.2) is 0 Å². The number of benzene rings is 2.